The zero-order valence-electron chi connectivity index (χ0n) is 13.8. The molecule has 0 aliphatic heterocycles. The molecular formula is C20H15ClN2O3. The Balaban J connectivity index is 1.91. The molecule has 4 rings (SSSR count). The van der Waals surface area contributed by atoms with Gasteiger partial charge in [-0.3, -0.25) is 9.20 Å². The number of carboxylic acid groups (broad SMARTS) is 1. The highest BCUT2D eigenvalue weighted by Crippen LogP contribution is 2.30. The van der Waals surface area contributed by atoms with Gasteiger partial charge in [0.1, 0.15) is 5.65 Å². The van der Waals surface area contributed by atoms with Gasteiger partial charge < -0.3 is 5.11 Å². The molecule has 1 aliphatic carbocycles. The summed E-state index contributed by atoms with van der Waals surface area (Å²) in [5.74, 6) is -1.07. The van der Waals surface area contributed by atoms with Crippen molar-refractivity contribution in [3.05, 3.63) is 80.4 Å². The fourth-order valence-corrected chi connectivity index (χ4v) is 3.50. The van der Waals surface area contributed by atoms with Gasteiger partial charge in [0.25, 0.3) is 5.56 Å². The molecule has 0 unspecified atom stereocenters. The Morgan fingerprint density at radius 1 is 1.23 bits per heavy atom. The average Bonchev–Trinajstić information content (AvgIpc) is 2.62. The van der Waals surface area contributed by atoms with E-state index in [4.69, 9.17) is 16.7 Å². The minimum Gasteiger partial charge on any atom is -0.478 e. The van der Waals surface area contributed by atoms with Crippen LogP contribution in [0.3, 0.4) is 0 Å². The number of aromatic carboxylic acids is 1. The van der Waals surface area contributed by atoms with E-state index in [0.717, 1.165) is 24.0 Å². The Morgan fingerprint density at radius 2 is 2.08 bits per heavy atom. The molecule has 0 radical (unpaired) electrons. The highest BCUT2D eigenvalue weighted by Gasteiger charge is 2.21. The molecule has 130 valence electrons. The highest BCUT2D eigenvalue weighted by molar-refractivity contribution is 6.30. The van der Waals surface area contributed by atoms with Crippen LogP contribution < -0.4 is 5.56 Å². The second-order valence-electron chi connectivity index (χ2n) is 6.27. The van der Waals surface area contributed by atoms with E-state index in [1.165, 1.54) is 16.7 Å². The average molecular weight is 367 g/mol. The summed E-state index contributed by atoms with van der Waals surface area (Å²) in [6, 6.07) is 10.6. The summed E-state index contributed by atoms with van der Waals surface area (Å²) in [6.07, 6.45) is 5.66. The largest absolute Gasteiger partial charge is 0.478 e. The highest BCUT2D eigenvalue weighted by atomic mass is 35.5. The van der Waals surface area contributed by atoms with Crippen LogP contribution in [0, 0.1) is 0 Å². The number of fused-ring (bicyclic) bond motifs is 2. The normalized spacial score (nSPS) is 15.2. The van der Waals surface area contributed by atoms with Crippen LogP contribution in [0.2, 0.25) is 5.02 Å². The molecule has 1 N–H and O–H groups in total. The number of rotatable bonds is 2. The van der Waals surface area contributed by atoms with Crippen molar-refractivity contribution >= 4 is 34.9 Å². The van der Waals surface area contributed by atoms with Gasteiger partial charge in [-0.05, 0) is 60.7 Å². The summed E-state index contributed by atoms with van der Waals surface area (Å²) in [5.41, 5.74) is 3.59. The van der Waals surface area contributed by atoms with E-state index in [2.05, 4.69) is 4.98 Å². The van der Waals surface area contributed by atoms with Gasteiger partial charge in [0.05, 0.1) is 11.3 Å². The third kappa shape index (κ3) is 2.91. The summed E-state index contributed by atoms with van der Waals surface area (Å²) in [5, 5.41) is 9.80. The van der Waals surface area contributed by atoms with E-state index in [1.54, 1.807) is 6.07 Å². The molecule has 1 aromatic carbocycles. The molecule has 5 nitrogen and oxygen atoms in total. The number of allylic oxidation sites excluding steroid dienone is 1. The van der Waals surface area contributed by atoms with Crippen molar-refractivity contribution in [2.45, 2.75) is 19.3 Å². The van der Waals surface area contributed by atoms with Gasteiger partial charge in [-0.2, -0.15) is 0 Å². The smallest absolute Gasteiger partial charge is 0.337 e. The van der Waals surface area contributed by atoms with Gasteiger partial charge in [-0.25, -0.2) is 9.78 Å². The molecule has 2 heterocycles. The lowest BCUT2D eigenvalue weighted by molar-refractivity contribution is 0.0696. The Hall–Kier alpha value is -2.92. The quantitative estimate of drug-likeness (QED) is 0.746. The van der Waals surface area contributed by atoms with Crippen LogP contribution in [-0.2, 0) is 6.42 Å². The monoisotopic (exact) mass is 366 g/mol. The first-order valence-corrected chi connectivity index (χ1v) is 8.66. The van der Waals surface area contributed by atoms with Gasteiger partial charge in [-0.1, -0.05) is 23.7 Å². The zero-order valence-corrected chi connectivity index (χ0v) is 14.5. The molecule has 2 aromatic heterocycles. The first kappa shape index (κ1) is 16.5. The van der Waals surface area contributed by atoms with E-state index in [-0.39, 0.29) is 11.1 Å². The second-order valence-corrected chi connectivity index (χ2v) is 6.71. The summed E-state index contributed by atoms with van der Waals surface area (Å²) in [6.45, 7) is 0. The van der Waals surface area contributed by atoms with E-state index in [1.807, 2.05) is 30.3 Å². The molecule has 3 aromatic rings. The van der Waals surface area contributed by atoms with Crippen LogP contribution in [0.25, 0.3) is 17.3 Å². The number of halogens is 1. The van der Waals surface area contributed by atoms with Gasteiger partial charge in [-0.15, -0.1) is 0 Å². The third-order valence-corrected chi connectivity index (χ3v) is 4.76. The number of hydrogen-bond acceptors (Lipinski definition) is 3. The van der Waals surface area contributed by atoms with Crippen molar-refractivity contribution in [2.24, 2.45) is 0 Å². The van der Waals surface area contributed by atoms with Crippen LogP contribution in [0.15, 0.2) is 47.4 Å². The van der Waals surface area contributed by atoms with Crippen LogP contribution in [-0.4, -0.2) is 20.5 Å². The van der Waals surface area contributed by atoms with Crippen LogP contribution in [0.1, 0.15) is 40.0 Å². The molecule has 26 heavy (non-hydrogen) atoms. The Kier molecular flexibility index (Phi) is 4.09. The Morgan fingerprint density at radius 3 is 2.85 bits per heavy atom. The summed E-state index contributed by atoms with van der Waals surface area (Å²) >= 11 is 6.06. The maximum Gasteiger partial charge on any atom is 0.337 e. The van der Waals surface area contributed by atoms with Crippen LogP contribution in [0.4, 0.5) is 0 Å². The van der Waals surface area contributed by atoms with Gasteiger partial charge >= 0.3 is 5.97 Å². The maximum atomic E-state index is 12.9. The number of carbonyl (C=O) groups is 1. The van der Waals surface area contributed by atoms with Crippen molar-refractivity contribution < 1.29 is 9.90 Å². The molecule has 0 saturated heterocycles. The van der Waals surface area contributed by atoms with E-state index >= 15 is 0 Å². The third-order valence-electron chi connectivity index (χ3n) is 4.53. The van der Waals surface area contributed by atoms with E-state index in [9.17, 15) is 9.59 Å². The zero-order chi connectivity index (χ0) is 18.3. The van der Waals surface area contributed by atoms with E-state index < -0.39 is 5.97 Å². The first-order valence-electron chi connectivity index (χ1n) is 8.28. The molecule has 0 fully saturated rings. The van der Waals surface area contributed by atoms with Crippen LogP contribution in [0.5, 0.6) is 0 Å². The number of aromatic nitrogens is 2. The SMILES string of the molecule is O=C(O)c1ccc2nc3c(c(=O)n2c1)CCC/C3=C/c1cccc(Cl)c1. The molecule has 0 bridgehead atoms. The lowest BCUT2D eigenvalue weighted by atomic mass is 9.91. The molecule has 6 heteroatoms. The second kappa shape index (κ2) is 6.42. The molecule has 1 aliphatic rings. The topological polar surface area (TPSA) is 71.7 Å². The predicted octanol–water partition coefficient (Wildman–Crippen LogP) is 3.92. The first-order chi connectivity index (χ1) is 12.5. The van der Waals surface area contributed by atoms with Gasteiger partial charge in [0, 0.05) is 16.8 Å². The standard InChI is InChI=1S/C20H15ClN2O3/c21-15-5-1-3-12(10-15)9-13-4-2-6-16-18(13)22-17-8-7-14(20(25)26)11-23(17)19(16)24/h1,3,5,7-11H,2,4,6H2,(H,25,26)/b13-9-. The number of hydrogen-bond donors (Lipinski definition) is 1. The number of pyridine rings is 1. The molecular weight excluding hydrogens is 352 g/mol. The predicted molar refractivity (Wildman–Crippen MR) is 101 cm³/mol. The Labute approximate surface area is 154 Å². The van der Waals surface area contributed by atoms with Gasteiger partial charge in [0.15, 0.2) is 0 Å². The fraction of sp³-hybridized carbons (Fsp3) is 0.150. The lowest BCUT2D eigenvalue weighted by Gasteiger charge is -2.18. The fourth-order valence-electron chi connectivity index (χ4n) is 3.30. The van der Waals surface area contributed by atoms with Crippen LogP contribution >= 0.6 is 11.6 Å². The number of carboxylic acids is 1. The lowest BCUT2D eigenvalue weighted by Crippen LogP contribution is -2.25. The molecule has 0 saturated carbocycles. The van der Waals surface area contributed by atoms with Gasteiger partial charge in [0.2, 0.25) is 0 Å². The number of nitrogens with zero attached hydrogens (tertiary/aromatic N) is 2. The minimum absolute atomic E-state index is 0.0619. The van der Waals surface area contributed by atoms with Crippen molar-refractivity contribution in [1.82, 2.24) is 9.38 Å². The minimum atomic E-state index is -1.07. The summed E-state index contributed by atoms with van der Waals surface area (Å²) in [7, 11) is 0. The van der Waals surface area contributed by atoms with Crippen molar-refractivity contribution in [1.29, 1.82) is 0 Å². The van der Waals surface area contributed by atoms with Crippen molar-refractivity contribution in [3.63, 3.8) is 0 Å². The van der Waals surface area contributed by atoms with Crippen molar-refractivity contribution in [2.75, 3.05) is 0 Å². The van der Waals surface area contributed by atoms with Crippen molar-refractivity contribution in [3.8, 4) is 0 Å². The molecule has 0 atom stereocenters. The molecule has 0 amide bonds. The molecule has 0 spiro atoms. The summed E-state index contributed by atoms with van der Waals surface area (Å²) in [4.78, 5) is 28.7. The van der Waals surface area contributed by atoms with E-state index in [0.29, 0.717) is 28.3 Å². The maximum absolute atomic E-state index is 12.9. The number of benzene rings is 1. The Bertz CT molecular complexity index is 1130. The summed E-state index contributed by atoms with van der Waals surface area (Å²) < 4.78 is 1.32.